The fourth-order valence-electron chi connectivity index (χ4n) is 2.04. The second-order valence-electron chi connectivity index (χ2n) is 4.54. The summed E-state index contributed by atoms with van der Waals surface area (Å²) in [5.74, 6) is -0.444. The number of benzene rings is 1. The van der Waals surface area contributed by atoms with Crippen molar-refractivity contribution in [2.45, 2.75) is 25.3 Å². The van der Waals surface area contributed by atoms with Gasteiger partial charge in [-0.25, -0.2) is 0 Å². The van der Waals surface area contributed by atoms with Crippen LogP contribution in [-0.2, 0) is 4.79 Å². The van der Waals surface area contributed by atoms with Crippen molar-refractivity contribution in [1.82, 2.24) is 10.6 Å². The van der Waals surface area contributed by atoms with E-state index in [-0.39, 0.29) is 11.8 Å². The molecule has 5 nitrogen and oxygen atoms in total. The third-order valence-electron chi connectivity index (χ3n) is 3.10. The maximum atomic E-state index is 12.2. The monoisotopic (exact) mass is 325 g/mol. The predicted molar refractivity (Wildman–Crippen MR) is 76.7 cm³/mol. The summed E-state index contributed by atoms with van der Waals surface area (Å²) in [6.07, 6.45) is 2.51. The Morgan fingerprint density at radius 2 is 2.21 bits per heavy atom. The molecule has 6 heteroatoms. The number of rotatable bonds is 2. The van der Waals surface area contributed by atoms with Gasteiger partial charge in [0.1, 0.15) is 6.04 Å². The first-order valence-corrected chi connectivity index (χ1v) is 7.01. The van der Waals surface area contributed by atoms with Crippen molar-refractivity contribution in [1.29, 1.82) is 0 Å². The zero-order chi connectivity index (χ0) is 13.8. The molecule has 0 bridgehead atoms. The van der Waals surface area contributed by atoms with Gasteiger partial charge in [0.25, 0.3) is 5.91 Å². The highest BCUT2D eigenvalue weighted by molar-refractivity contribution is 9.10. The highest BCUT2D eigenvalue weighted by Gasteiger charge is 2.23. The van der Waals surface area contributed by atoms with Gasteiger partial charge in [0.15, 0.2) is 0 Å². The molecule has 0 aliphatic carbocycles. The lowest BCUT2D eigenvalue weighted by Crippen LogP contribution is -2.45. The van der Waals surface area contributed by atoms with Crippen molar-refractivity contribution in [3.05, 3.63) is 28.2 Å². The molecule has 1 saturated heterocycles. The van der Waals surface area contributed by atoms with Gasteiger partial charge in [-0.15, -0.1) is 0 Å². The van der Waals surface area contributed by atoms with Crippen molar-refractivity contribution in [3.63, 3.8) is 0 Å². The van der Waals surface area contributed by atoms with Crippen molar-refractivity contribution >= 4 is 33.4 Å². The summed E-state index contributed by atoms with van der Waals surface area (Å²) >= 11 is 3.30. The van der Waals surface area contributed by atoms with Gasteiger partial charge in [0.05, 0.1) is 5.56 Å². The number of carbonyl (C=O) groups is 2. The van der Waals surface area contributed by atoms with E-state index in [2.05, 4.69) is 26.6 Å². The van der Waals surface area contributed by atoms with Gasteiger partial charge >= 0.3 is 0 Å². The predicted octanol–water partition coefficient (Wildman–Crippen LogP) is 1.43. The Bertz CT molecular complexity index is 505. The molecule has 2 rings (SSSR count). The second-order valence-corrected chi connectivity index (χ2v) is 5.46. The summed E-state index contributed by atoms with van der Waals surface area (Å²) in [6.45, 7) is 0.671. The number of anilines is 1. The minimum absolute atomic E-state index is 0.126. The van der Waals surface area contributed by atoms with E-state index in [1.54, 1.807) is 18.2 Å². The van der Waals surface area contributed by atoms with E-state index < -0.39 is 6.04 Å². The van der Waals surface area contributed by atoms with Crippen LogP contribution in [0.2, 0.25) is 0 Å². The van der Waals surface area contributed by atoms with E-state index in [0.29, 0.717) is 24.2 Å². The third-order valence-corrected chi connectivity index (χ3v) is 3.59. The molecule has 0 saturated carbocycles. The molecule has 1 heterocycles. The van der Waals surface area contributed by atoms with Gasteiger partial charge in [0.2, 0.25) is 5.91 Å². The van der Waals surface area contributed by atoms with Gasteiger partial charge in [-0.2, -0.15) is 0 Å². The Morgan fingerprint density at radius 3 is 3.00 bits per heavy atom. The van der Waals surface area contributed by atoms with Crippen LogP contribution in [0.3, 0.4) is 0 Å². The molecule has 1 unspecified atom stereocenters. The minimum Gasteiger partial charge on any atom is -0.398 e. The van der Waals surface area contributed by atoms with Crippen LogP contribution in [0, 0.1) is 0 Å². The summed E-state index contributed by atoms with van der Waals surface area (Å²) in [6, 6.07) is 4.60. The lowest BCUT2D eigenvalue weighted by Gasteiger charge is -2.16. The first kappa shape index (κ1) is 13.9. The van der Waals surface area contributed by atoms with Crippen LogP contribution in [0.4, 0.5) is 5.69 Å². The van der Waals surface area contributed by atoms with Crippen LogP contribution >= 0.6 is 15.9 Å². The molecule has 0 aromatic heterocycles. The first-order valence-electron chi connectivity index (χ1n) is 6.21. The Morgan fingerprint density at radius 1 is 1.42 bits per heavy atom. The first-order chi connectivity index (χ1) is 9.08. The number of carbonyl (C=O) groups excluding carboxylic acids is 2. The summed E-state index contributed by atoms with van der Waals surface area (Å²) in [5, 5.41) is 5.52. The molecule has 0 radical (unpaired) electrons. The molecule has 4 N–H and O–H groups in total. The molecule has 1 aromatic rings. The normalized spacial score (nSPS) is 19.4. The molecule has 1 aliphatic rings. The molecule has 1 aliphatic heterocycles. The largest absolute Gasteiger partial charge is 0.398 e. The average Bonchev–Trinajstić information content (AvgIpc) is 2.58. The van der Waals surface area contributed by atoms with Crippen LogP contribution < -0.4 is 16.4 Å². The summed E-state index contributed by atoms with van der Waals surface area (Å²) < 4.78 is 0.775. The molecule has 0 spiro atoms. The molecule has 102 valence electrons. The minimum atomic E-state index is -0.478. The number of nitrogens with one attached hydrogen (secondary N) is 2. The van der Waals surface area contributed by atoms with E-state index >= 15 is 0 Å². The standard InChI is InChI=1S/C13H16BrN3O2/c14-8-4-5-10(15)9(7-8)12(18)17-11-3-1-2-6-16-13(11)19/h4-5,7,11H,1-3,6,15H2,(H,16,19)(H,17,18). The maximum absolute atomic E-state index is 12.2. The van der Waals surface area contributed by atoms with Crippen molar-refractivity contribution in [2.24, 2.45) is 0 Å². The lowest BCUT2D eigenvalue weighted by molar-refractivity contribution is -0.122. The van der Waals surface area contributed by atoms with Crippen LogP contribution in [0.1, 0.15) is 29.6 Å². The van der Waals surface area contributed by atoms with E-state index in [1.807, 2.05) is 0 Å². The fourth-order valence-corrected chi connectivity index (χ4v) is 2.40. The third kappa shape index (κ3) is 3.47. The summed E-state index contributed by atoms with van der Waals surface area (Å²) in [4.78, 5) is 23.9. The topological polar surface area (TPSA) is 84.2 Å². The van der Waals surface area contributed by atoms with E-state index in [9.17, 15) is 9.59 Å². The zero-order valence-electron chi connectivity index (χ0n) is 10.4. The van der Waals surface area contributed by atoms with Gasteiger partial charge in [0, 0.05) is 16.7 Å². The number of nitrogen functional groups attached to an aromatic ring is 1. The maximum Gasteiger partial charge on any atom is 0.254 e. The zero-order valence-corrected chi connectivity index (χ0v) is 12.0. The highest BCUT2D eigenvalue weighted by Crippen LogP contribution is 2.18. The van der Waals surface area contributed by atoms with Crippen LogP contribution in [0.5, 0.6) is 0 Å². The Labute approximate surface area is 120 Å². The van der Waals surface area contributed by atoms with Crippen LogP contribution in [0.25, 0.3) is 0 Å². The number of nitrogens with two attached hydrogens (primary N) is 1. The number of halogens is 1. The molecule has 2 amide bonds. The average molecular weight is 326 g/mol. The lowest BCUT2D eigenvalue weighted by atomic mass is 10.1. The molecular weight excluding hydrogens is 310 g/mol. The fraction of sp³-hybridized carbons (Fsp3) is 0.385. The Kier molecular flexibility index (Phi) is 4.42. The summed E-state index contributed by atoms with van der Waals surface area (Å²) in [7, 11) is 0. The SMILES string of the molecule is Nc1ccc(Br)cc1C(=O)NC1CCCCNC1=O. The second kappa shape index (κ2) is 6.06. The van der Waals surface area contributed by atoms with Crippen molar-refractivity contribution < 1.29 is 9.59 Å². The summed E-state index contributed by atoms with van der Waals surface area (Å²) in [5.41, 5.74) is 6.56. The molecule has 19 heavy (non-hydrogen) atoms. The number of amides is 2. The van der Waals surface area contributed by atoms with Crippen LogP contribution in [0.15, 0.2) is 22.7 Å². The van der Waals surface area contributed by atoms with Gasteiger partial charge in [-0.3, -0.25) is 9.59 Å². The molecule has 1 fully saturated rings. The van der Waals surface area contributed by atoms with Gasteiger partial charge in [-0.1, -0.05) is 15.9 Å². The van der Waals surface area contributed by atoms with Crippen molar-refractivity contribution in [3.8, 4) is 0 Å². The van der Waals surface area contributed by atoms with Gasteiger partial charge in [-0.05, 0) is 37.5 Å². The number of hydrogen-bond donors (Lipinski definition) is 3. The Balaban J connectivity index is 2.11. The highest BCUT2D eigenvalue weighted by atomic mass is 79.9. The van der Waals surface area contributed by atoms with E-state index in [0.717, 1.165) is 17.3 Å². The smallest absolute Gasteiger partial charge is 0.254 e. The molecule has 1 aromatic carbocycles. The van der Waals surface area contributed by atoms with Gasteiger partial charge < -0.3 is 16.4 Å². The number of hydrogen-bond acceptors (Lipinski definition) is 3. The van der Waals surface area contributed by atoms with Crippen molar-refractivity contribution in [2.75, 3.05) is 12.3 Å². The van der Waals surface area contributed by atoms with E-state index in [1.165, 1.54) is 0 Å². The quantitative estimate of drug-likeness (QED) is 0.719. The molecular formula is C13H16BrN3O2. The van der Waals surface area contributed by atoms with Crippen LogP contribution in [-0.4, -0.2) is 24.4 Å². The van der Waals surface area contributed by atoms with E-state index in [4.69, 9.17) is 5.73 Å². The molecule has 1 atom stereocenters. The Hall–Kier alpha value is -1.56.